The van der Waals surface area contributed by atoms with Gasteiger partial charge in [-0.15, -0.1) is 6.10 Å². The minimum Gasteiger partial charge on any atom is -0.613 e. The Morgan fingerprint density at radius 1 is 1.85 bits per heavy atom. The molecule has 0 atom stereocenters. The van der Waals surface area contributed by atoms with Gasteiger partial charge in [0.15, 0.2) is 0 Å². The minimum atomic E-state index is -0.538. The van der Waals surface area contributed by atoms with E-state index in [1.807, 2.05) is 0 Å². The van der Waals surface area contributed by atoms with Gasteiger partial charge in [-0.25, -0.2) is 0 Å². The van der Waals surface area contributed by atoms with Crippen molar-refractivity contribution >= 4 is 5.82 Å². The zero-order chi connectivity index (χ0) is 8.72. The molecule has 1 aromatic heterocycles. The van der Waals surface area contributed by atoms with Crippen LogP contribution in [0.5, 0.6) is 6.01 Å². The molecule has 0 unspecified atom stereocenters. The first-order valence-corrected chi connectivity index (χ1v) is 3.38. The number of ether oxygens (including phenoxy) is 1. The van der Waals surface area contributed by atoms with E-state index in [0.29, 0.717) is 12.6 Å². The van der Waals surface area contributed by atoms with Gasteiger partial charge in [0.05, 0.1) is 0 Å². The van der Waals surface area contributed by atoms with Gasteiger partial charge in [-0.05, 0) is 4.92 Å². The molecule has 13 heavy (non-hydrogen) atoms. The summed E-state index contributed by atoms with van der Waals surface area (Å²) in [6.07, 6.45) is 2.17. The molecule has 0 amide bonds. The topological polar surface area (TPSA) is 70.2 Å². The second-order valence-electron chi connectivity index (χ2n) is 2.57. The molecular formula is C6H6N3O3Rb. The number of nitrogens with zero attached hydrogens (tertiary/aromatic N) is 3. The number of aromatic nitrogens is 2. The summed E-state index contributed by atoms with van der Waals surface area (Å²) >= 11 is 0. The smallest absolute Gasteiger partial charge is 0.613 e. The van der Waals surface area contributed by atoms with E-state index in [1.165, 1.54) is 6.20 Å². The summed E-state index contributed by atoms with van der Waals surface area (Å²) in [5, 5.41) is 10.3. The zero-order valence-electron chi connectivity index (χ0n) is 7.35. The summed E-state index contributed by atoms with van der Waals surface area (Å²) in [5.74, 6) is -0.169. The van der Waals surface area contributed by atoms with E-state index >= 15 is 0 Å². The van der Waals surface area contributed by atoms with E-state index in [1.54, 1.807) is 11.5 Å². The molecule has 7 heteroatoms. The number of fused-ring (bicyclic) bond motifs is 1. The molecule has 0 fully saturated rings. The van der Waals surface area contributed by atoms with Gasteiger partial charge in [-0.2, -0.15) is 6.92 Å². The molecule has 0 saturated carbocycles. The van der Waals surface area contributed by atoms with Crippen molar-refractivity contribution in [2.24, 2.45) is 0 Å². The predicted octanol–water partition coefficient (Wildman–Crippen LogP) is -2.26. The van der Waals surface area contributed by atoms with Crippen molar-refractivity contribution in [3.63, 3.8) is 0 Å². The molecule has 6 nitrogen and oxygen atoms in total. The summed E-state index contributed by atoms with van der Waals surface area (Å²) in [7, 11) is 0. The first kappa shape index (κ1) is 11.3. The van der Waals surface area contributed by atoms with Crippen LogP contribution in [0.15, 0.2) is 6.20 Å². The van der Waals surface area contributed by atoms with Crippen molar-refractivity contribution in [1.29, 1.82) is 0 Å². The normalized spacial score (nSPS) is 14.5. The maximum absolute atomic E-state index is 10.3. The summed E-state index contributed by atoms with van der Waals surface area (Å²) in [6.45, 7) is 2.36. The first-order chi connectivity index (χ1) is 5.66. The monoisotopic (exact) mass is 253 g/mol. The van der Waals surface area contributed by atoms with Crippen LogP contribution in [-0.4, -0.2) is 14.5 Å². The molecule has 0 aromatic carbocycles. The Morgan fingerprint density at radius 3 is 3.08 bits per heavy atom. The fourth-order valence-corrected chi connectivity index (χ4v) is 1.10. The fourth-order valence-electron chi connectivity index (χ4n) is 1.10. The van der Waals surface area contributed by atoms with Crippen molar-refractivity contribution < 1.29 is 67.8 Å². The van der Waals surface area contributed by atoms with Crippen LogP contribution < -0.4 is 62.9 Å². The van der Waals surface area contributed by atoms with Gasteiger partial charge in [0.25, 0.3) is 0 Å². The molecule has 0 bridgehead atoms. The zero-order valence-corrected chi connectivity index (χ0v) is 12.3. The molecule has 0 N–H and O–H groups in total. The van der Waals surface area contributed by atoms with E-state index in [-0.39, 0.29) is 64.0 Å². The van der Waals surface area contributed by atoms with Crippen molar-refractivity contribution in [2.45, 2.75) is 13.5 Å². The van der Waals surface area contributed by atoms with Crippen LogP contribution in [0, 0.1) is 16.2 Å². The van der Waals surface area contributed by atoms with Crippen LogP contribution in [0.25, 0.3) is 0 Å². The third-order valence-electron chi connectivity index (χ3n) is 1.57. The number of rotatable bonds is 1. The quantitative estimate of drug-likeness (QED) is 0.322. The van der Waals surface area contributed by atoms with E-state index in [0.717, 1.165) is 6.10 Å². The van der Waals surface area contributed by atoms with Gasteiger partial charge in [-0.1, -0.05) is 6.54 Å². The number of hydrogen-bond acceptors (Lipinski definition) is 4. The number of imidazole rings is 1. The summed E-state index contributed by atoms with van der Waals surface area (Å²) in [5.41, 5.74) is 0. The molecule has 1 aromatic rings. The molecule has 1 aliphatic heterocycles. The molecule has 0 saturated heterocycles. The molecule has 0 radical (unpaired) electrons. The second kappa shape index (κ2) is 4.16. The van der Waals surface area contributed by atoms with Crippen molar-refractivity contribution in [3.8, 4) is 6.01 Å². The third-order valence-corrected chi connectivity index (χ3v) is 1.57. The van der Waals surface area contributed by atoms with Crippen LogP contribution >= 0.6 is 0 Å². The largest absolute Gasteiger partial charge is 1.00 e. The summed E-state index contributed by atoms with van der Waals surface area (Å²) in [4.78, 5) is 13.4. The van der Waals surface area contributed by atoms with Gasteiger partial charge in [0, 0.05) is 4.98 Å². The van der Waals surface area contributed by atoms with Crippen LogP contribution in [0.1, 0.15) is 6.92 Å². The minimum absolute atomic E-state index is 0. The Kier molecular flexibility index (Phi) is 3.61. The first-order valence-electron chi connectivity index (χ1n) is 3.38. The Hall–Kier alpha value is 0.215. The summed E-state index contributed by atoms with van der Waals surface area (Å²) < 4.78 is 6.71. The Labute approximate surface area is 123 Å². The van der Waals surface area contributed by atoms with Crippen molar-refractivity contribution in [1.82, 2.24) is 9.55 Å². The number of nitro groups is 1. The van der Waals surface area contributed by atoms with Gasteiger partial charge in [-0.3, -0.25) is 0 Å². The van der Waals surface area contributed by atoms with Crippen molar-refractivity contribution in [3.05, 3.63) is 22.4 Å². The van der Waals surface area contributed by atoms with E-state index in [2.05, 4.69) is 4.98 Å². The molecule has 0 spiro atoms. The second-order valence-corrected chi connectivity index (χ2v) is 2.57. The van der Waals surface area contributed by atoms with Gasteiger partial charge in [0.1, 0.15) is 6.20 Å². The third kappa shape index (κ3) is 2.17. The van der Waals surface area contributed by atoms with E-state index < -0.39 is 4.92 Å². The SMILES string of the molecule is C[C-]1Cn2cc([N+](=O)[O-])nc2O1.[Rb+]. The maximum Gasteiger partial charge on any atom is 1.00 e. The summed E-state index contributed by atoms with van der Waals surface area (Å²) in [6, 6.07) is 0.305. The Balaban J connectivity index is 0.000000845. The molecule has 2 rings (SSSR count). The van der Waals surface area contributed by atoms with Crippen LogP contribution in [0.3, 0.4) is 0 Å². The van der Waals surface area contributed by atoms with Crippen LogP contribution in [-0.2, 0) is 6.54 Å². The van der Waals surface area contributed by atoms with Crippen LogP contribution in [0.4, 0.5) is 5.82 Å². The number of hydrogen-bond donors (Lipinski definition) is 0. The standard InChI is InChI=1S/C6H6N3O3.Rb/c1-4-2-8-3-5(9(10)11)7-6(8)12-4;/h3H,2H2,1H3;/q-1;+1. The van der Waals surface area contributed by atoms with Gasteiger partial charge >= 0.3 is 70.0 Å². The van der Waals surface area contributed by atoms with E-state index in [9.17, 15) is 10.1 Å². The van der Waals surface area contributed by atoms with Crippen LogP contribution in [0.2, 0.25) is 0 Å². The Bertz CT molecular complexity index is 314. The molecular weight excluding hydrogens is 248 g/mol. The van der Waals surface area contributed by atoms with Gasteiger partial charge in [0.2, 0.25) is 0 Å². The molecule has 0 aliphatic carbocycles. The van der Waals surface area contributed by atoms with E-state index in [4.69, 9.17) is 4.74 Å². The maximum atomic E-state index is 10.3. The average Bonchev–Trinajstić information content (AvgIpc) is 2.42. The average molecular weight is 254 g/mol. The molecule has 1 aliphatic rings. The van der Waals surface area contributed by atoms with Gasteiger partial charge < -0.3 is 19.4 Å². The molecule has 2 heterocycles. The fraction of sp³-hybridized carbons (Fsp3) is 0.333. The predicted molar refractivity (Wildman–Crippen MR) is 38.4 cm³/mol. The molecule has 64 valence electrons. The van der Waals surface area contributed by atoms with Crippen molar-refractivity contribution in [2.75, 3.05) is 0 Å². The Morgan fingerprint density at radius 2 is 2.54 bits per heavy atom.